The highest BCUT2D eigenvalue weighted by atomic mass is 32.1. The summed E-state index contributed by atoms with van der Waals surface area (Å²) in [5.41, 5.74) is 5.34. The van der Waals surface area contributed by atoms with Crippen molar-refractivity contribution in [1.82, 2.24) is 9.97 Å². The first kappa shape index (κ1) is 16.0. The molecule has 0 aliphatic carbocycles. The third-order valence-electron chi connectivity index (χ3n) is 3.28. The molecule has 24 heavy (non-hydrogen) atoms. The van der Waals surface area contributed by atoms with Crippen molar-refractivity contribution in [2.45, 2.75) is 13.3 Å². The van der Waals surface area contributed by atoms with E-state index in [1.165, 1.54) is 6.92 Å². The van der Waals surface area contributed by atoms with Crippen LogP contribution in [0.1, 0.15) is 23.1 Å². The van der Waals surface area contributed by atoms with Gasteiger partial charge in [-0.3, -0.25) is 10.2 Å². The summed E-state index contributed by atoms with van der Waals surface area (Å²) in [6.07, 6.45) is 4.09. The lowest BCUT2D eigenvalue weighted by atomic mass is 10.2. The zero-order valence-corrected chi connectivity index (χ0v) is 14.0. The van der Waals surface area contributed by atoms with Crippen LogP contribution in [0.25, 0.3) is 10.4 Å². The van der Waals surface area contributed by atoms with Gasteiger partial charge in [0.15, 0.2) is 5.78 Å². The van der Waals surface area contributed by atoms with Crippen LogP contribution in [0.15, 0.2) is 59.8 Å². The summed E-state index contributed by atoms with van der Waals surface area (Å²) < 4.78 is 0. The number of carbonyl (C=O) groups is 1. The van der Waals surface area contributed by atoms with Crippen LogP contribution in [0.4, 0.5) is 5.13 Å². The number of aromatic nitrogens is 2. The van der Waals surface area contributed by atoms with E-state index in [4.69, 9.17) is 0 Å². The van der Waals surface area contributed by atoms with Crippen LogP contribution in [0.2, 0.25) is 0 Å². The molecule has 0 spiro atoms. The number of nitrogens with one attached hydrogen (secondary N) is 1. The van der Waals surface area contributed by atoms with E-state index in [9.17, 15) is 4.79 Å². The quantitative estimate of drug-likeness (QED) is 0.419. The molecule has 2 aromatic heterocycles. The molecule has 1 N–H and O–H groups in total. The first-order chi connectivity index (χ1) is 11.7. The number of hydrogen-bond acceptors (Lipinski definition) is 6. The maximum absolute atomic E-state index is 11.3. The molecule has 2 heterocycles. The first-order valence-corrected chi connectivity index (χ1v) is 8.29. The molecule has 0 aliphatic rings. The zero-order chi connectivity index (χ0) is 16.8. The molecule has 6 heteroatoms. The summed E-state index contributed by atoms with van der Waals surface area (Å²) >= 11 is 1.54. The molecule has 1 aromatic carbocycles. The Hall–Kier alpha value is -2.86. The van der Waals surface area contributed by atoms with Crippen molar-refractivity contribution < 1.29 is 4.79 Å². The van der Waals surface area contributed by atoms with Gasteiger partial charge in [-0.15, -0.1) is 0 Å². The minimum Gasteiger partial charge on any atom is -0.293 e. The van der Waals surface area contributed by atoms with Gasteiger partial charge in [0, 0.05) is 31.4 Å². The molecule has 0 atom stereocenters. The number of hydrazone groups is 1. The van der Waals surface area contributed by atoms with Crippen molar-refractivity contribution in [3.8, 4) is 10.4 Å². The monoisotopic (exact) mass is 336 g/mol. The van der Waals surface area contributed by atoms with E-state index in [1.807, 2.05) is 48.7 Å². The Bertz CT molecular complexity index is 858. The summed E-state index contributed by atoms with van der Waals surface area (Å²) in [5, 5.41) is 4.90. The fourth-order valence-electron chi connectivity index (χ4n) is 2.09. The highest BCUT2D eigenvalue weighted by Gasteiger charge is 2.03. The predicted octanol–water partition coefficient (Wildman–Crippen LogP) is 4.05. The number of hydrogen-bond donors (Lipinski definition) is 1. The van der Waals surface area contributed by atoms with Gasteiger partial charge in [-0.1, -0.05) is 47.7 Å². The van der Waals surface area contributed by atoms with Gasteiger partial charge >= 0.3 is 0 Å². The molecule has 0 aliphatic heterocycles. The summed E-state index contributed by atoms with van der Waals surface area (Å²) in [6, 6.07) is 15.5. The van der Waals surface area contributed by atoms with Gasteiger partial charge in [-0.2, -0.15) is 5.10 Å². The second-order valence-corrected chi connectivity index (χ2v) is 6.12. The molecule has 0 saturated heterocycles. The van der Waals surface area contributed by atoms with Gasteiger partial charge in [-0.25, -0.2) is 9.97 Å². The highest BCUT2D eigenvalue weighted by molar-refractivity contribution is 7.18. The van der Waals surface area contributed by atoms with Crippen molar-refractivity contribution in [3.05, 3.63) is 66.1 Å². The number of pyridine rings is 1. The van der Waals surface area contributed by atoms with E-state index in [1.54, 1.807) is 23.6 Å². The maximum Gasteiger partial charge on any atom is 0.203 e. The zero-order valence-electron chi connectivity index (χ0n) is 13.1. The SMILES string of the molecule is CC(=O)c1cccc(CC=NNc2ncc(-c3ccccc3)s2)n1. The van der Waals surface area contributed by atoms with Crippen molar-refractivity contribution in [3.63, 3.8) is 0 Å². The van der Waals surface area contributed by atoms with Crippen LogP contribution in [-0.4, -0.2) is 22.0 Å². The van der Waals surface area contributed by atoms with Crippen LogP contribution in [0, 0.1) is 0 Å². The van der Waals surface area contributed by atoms with E-state index < -0.39 is 0 Å². The largest absolute Gasteiger partial charge is 0.293 e. The number of thiazole rings is 1. The molecule has 0 radical (unpaired) electrons. The topological polar surface area (TPSA) is 67.2 Å². The molecular weight excluding hydrogens is 320 g/mol. The summed E-state index contributed by atoms with van der Waals surface area (Å²) in [6.45, 7) is 1.51. The Morgan fingerprint density at radius 1 is 1.21 bits per heavy atom. The van der Waals surface area contributed by atoms with Crippen molar-refractivity contribution in [2.24, 2.45) is 5.10 Å². The smallest absolute Gasteiger partial charge is 0.203 e. The van der Waals surface area contributed by atoms with Gasteiger partial charge in [0.1, 0.15) is 5.69 Å². The lowest BCUT2D eigenvalue weighted by Gasteiger charge is -1.98. The predicted molar refractivity (Wildman–Crippen MR) is 97.6 cm³/mol. The fraction of sp³-hybridized carbons (Fsp3) is 0.111. The summed E-state index contributed by atoms with van der Waals surface area (Å²) in [4.78, 5) is 21.0. The number of rotatable bonds is 6. The van der Waals surface area contributed by atoms with E-state index >= 15 is 0 Å². The number of anilines is 1. The number of nitrogens with zero attached hydrogens (tertiary/aromatic N) is 3. The summed E-state index contributed by atoms with van der Waals surface area (Å²) in [5.74, 6) is -0.0388. The lowest BCUT2D eigenvalue weighted by molar-refractivity contribution is 0.101. The van der Waals surface area contributed by atoms with Crippen LogP contribution < -0.4 is 5.43 Å². The molecule has 3 aromatic rings. The van der Waals surface area contributed by atoms with Gasteiger partial charge in [0.05, 0.1) is 4.88 Å². The Morgan fingerprint density at radius 3 is 2.83 bits per heavy atom. The standard InChI is InChI=1S/C18H16N4OS/c1-13(23)16-9-5-8-15(21-16)10-11-20-22-18-19-12-17(24-18)14-6-3-2-4-7-14/h2-9,11-12H,10H2,1H3,(H,19,22). The summed E-state index contributed by atoms with van der Waals surface area (Å²) in [7, 11) is 0. The van der Waals surface area contributed by atoms with E-state index in [0.717, 1.165) is 21.3 Å². The van der Waals surface area contributed by atoms with E-state index in [2.05, 4.69) is 20.5 Å². The van der Waals surface area contributed by atoms with Crippen molar-refractivity contribution in [1.29, 1.82) is 0 Å². The Morgan fingerprint density at radius 2 is 2.04 bits per heavy atom. The third-order valence-corrected chi connectivity index (χ3v) is 4.23. The highest BCUT2D eigenvalue weighted by Crippen LogP contribution is 2.28. The van der Waals surface area contributed by atoms with Crippen molar-refractivity contribution in [2.75, 3.05) is 5.43 Å². The Balaban J connectivity index is 1.58. The van der Waals surface area contributed by atoms with Crippen molar-refractivity contribution >= 4 is 28.5 Å². The molecule has 3 rings (SSSR count). The average molecular weight is 336 g/mol. The average Bonchev–Trinajstić information content (AvgIpc) is 3.09. The van der Waals surface area contributed by atoms with Gasteiger partial charge in [-0.05, 0) is 17.7 Å². The van der Waals surface area contributed by atoms with Gasteiger partial charge < -0.3 is 0 Å². The molecular formula is C18H16N4OS. The van der Waals surface area contributed by atoms with Crippen LogP contribution >= 0.6 is 11.3 Å². The number of ketones is 1. The first-order valence-electron chi connectivity index (χ1n) is 7.48. The van der Waals surface area contributed by atoms with E-state index in [0.29, 0.717) is 12.1 Å². The van der Waals surface area contributed by atoms with Crippen LogP contribution in [-0.2, 0) is 6.42 Å². The second-order valence-electron chi connectivity index (χ2n) is 5.09. The molecule has 0 bridgehead atoms. The molecule has 0 saturated carbocycles. The number of carbonyl (C=O) groups excluding carboxylic acids is 1. The van der Waals surface area contributed by atoms with E-state index in [-0.39, 0.29) is 5.78 Å². The minimum absolute atomic E-state index is 0.0388. The van der Waals surface area contributed by atoms with Gasteiger partial charge in [0.2, 0.25) is 5.13 Å². The molecule has 0 unspecified atom stereocenters. The second kappa shape index (κ2) is 7.61. The Kier molecular flexibility index (Phi) is 5.08. The Labute approximate surface area is 144 Å². The van der Waals surface area contributed by atoms with Crippen LogP contribution in [0.3, 0.4) is 0 Å². The van der Waals surface area contributed by atoms with Crippen LogP contribution in [0.5, 0.6) is 0 Å². The number of benzene rings is 1. The third kappa shape index (κ3) is 4.11. The number of Topliss-reactive ketones (excluding diaryl/α,β-unsaturated/α-hetero) is 1. The fourth-order valence-corrected chi connectivity index (χ4v) is 2.86. The lowest BCUT2D eigenvalue weighted by Crippen LogP contribution is -2.01. The molecule has 0 amide bonds. The molecule has 120 valence electrons. The maximum atomic E-state index is 11.3. The molecule has 5 nitrogen and oxygen atoms in total. The molecule has 0 fully saturated rings. The normalized spacial score (nSPS) is 10.9. The minimum atomic E-state index is -0.0388. The van der Waals surface area contributed by atoms with Gasteiger partial charge in [0.25, 0.3) is 0 Å².